The van der Waals surface area contributed by atoms with Crippen molar-refractivity contribution in [2.75, 3.05) is 19.6 Å². The number of carbonyl (C=O) groups excluding carboxylic acids is 2. The van der Waals surface area contributed by atoms with Gasteiger partial charge in [-0.15, -0.1) is 0 Å². The first-order valence-electron chi connectivity index (χ1n) is 6.91. The van der Waals surface area contributed by atoms with E-state index in [-0.39, 0.29) is 11.8 Å². The first kappa shape index (κ1) is 15.0. The highest BCUT2D eigenvalue weighted by Crippen LogP contribution is 2.15. The maximum atomic E-state index is 11.8. The van der Waals surface area contributed by atoms with Crippen LogP contribution in [0.3, 0.4) is 0 Å². The first-order chi connectivity index (χ1) is 8.63. The summed E-state index contributed by atoms with van der Waals surface area (Å²) < 4.78 is 0. The Morgan fingerprint density at radius 3 is 2.61 bits per heavy atom. The van der Waals surface area contributed by atoms with E-state index in [2.05, 4.69) is 16.0 Å². The molecule has 1 heterocycles. The van der Waals surface area contributed by atoms with E-state index in [1.807, 2.05) is 6.92 Å². The lowest BCUT2D eigenvalue weighted by molar-refractivity contribution is -0.129. The third kappa shape index (κ3) is 5.49. The van der Waals surface area contributed by atoms with E-state index in [9.17, 15) is 9.59 Å². The van der Waals surface area contributed by atoms with Crippen LogP contribution in [0.1, 0.15) is 39.5 Å². The lowest BCUT2D eigenvalue weighted by atomic mass is 9.94. The Labute approximate surface area is 109 Å². The predicted octanol–water partition coefficient (Wildman–Crippen LogP) is 0.407. The van der Waals surface area contributed by atoms with Gasteiger partial charge >= 0.3 is 0 Å². The average molecular weight is 255 g/mol. The lowest BCUT2D eigenvalue weighted by Gasteiger charge is -2.22. The Morgan fingerprint density at radius 2 is 2.00 bits per heavy atom. The molecule has 1 unspecified atom stereocenters. The Balaban J connectivity index is 2.23. The summed E-state index contributed by atoms with van der Waals surface area (Å²) in [5.74, 6) is 0.341. The third-order valence-electron chi connectivity index (χ3n) is 3.25. The number of amides is 2. The van der Waals surface area contributed by atoms with Crippen molar-refractivity contribution >= 4 is 11.8 Å². The molecule has 1 fully saturated rings. The zero-order valence-corrected chi connectivity index (χ0v) is 11.4. The Hall–Kier alpha value is -1.10. The van der Waals surface area contributed by atoms with Crippen LogP contribution in [-0.2, 0) is 9.59 Å². The van der Waals surface area contributed by atoms with Gasteiger partial charge in [0.05, 0.1) is 0 Å². The van der Waals surface area contributed by atoms with Gasteiger partial charge in [-0.2, -0.15) is 0 Å². The van der Waals surface area contributed by atoms with Gasteiger partial charge < -0.3 is 16.0 Å². The standard InChI is InChI=1S/C13H25N3O2/c1-3-6-15-13(18)10(2)16-12(17)9-11-4-7-14-8-5-11/h10-11,14H,3-9H2,1-2H3,(H,15,18)(H,16,17). The van der Waals surface area contributed by atoms with E-state index < -0.39 is 6.04 Å². The van der Waals surface area contributed by atoms with Gasteiger partial charge in [-0.3, -0.25) is 9.59 Å². The minimum absolute atomic E-state index is 0.0129. The van der Waals surface area contributed by atoms with Crippen LogP contribution in [0, 0.1) is 5.92 Å². The molecule has 1 aliphatic rings. The summed E-state index contributed by atoms with van der Waals surface area (Å²) in [6.45, 7) is 6.37. The minimum atomic E-state index is -0.439. The van der Waals surface area contributed by atoms with E-state index >= 15 is 0 Å². The van der Waals surface area contributed by atoms with Crippen molar-refractivity contribution in [2.24, 2.45) is 5.92 Å². The summed E-state index contributed by atoms with van der Waals surface area (Å²) in [7, 11) is 0. The number of carbonyl (C=O) groups is 2. The summed E-state index contributed by atoms with van der Waals surface area (Å²) >= 11 is 0. The van der Waals surface area contributed by atoms with Crippen LogP contribution in [0.4, 0.5) is 0 Å². The maximum absolute atomic E-state index is 11.8. The smallest absolute Gasteiger partial charge is 0.242 e. The molecule has 0 aromatic heterocycles. The summed E-state index contributed by atoms with van der Waals surface area (Å²) in [6.07, 6.45) is 3.53. The Morgan fingerprint density at radius 1 is 1.33 bits per heavy atom. The minimum Gasteiger partial charge on any atom is -0.354 e. The molecule has 0 saturated carbocycles. The molecule has 0 spiro atoms. The fraction of sp³-hybridized carbons (Fsp3) is 0.846. The molecule has 1 atom stereocenters. The van der Waals surface area contributed by atoms with E-state index in [1.54, 1.807) is 6.92 Å². The maximum Gasteiger partial charge on any atom is 0.242 e. The molecule has 0 aromatic carbocycles. The molecule has 1 saturated heterocycles. The zero-order valence-electron chi connectivity index (χ0n) is 11.4. The van der Waals surface area contributed by atoms with Gasteiger partial charge in [0.1, 0.15) is 6.04 Å². The van der Waals surface area contributed by atoms with Crippen molar-refractivity contribution in [3.05, 3.63) is 0 Å². The molecule has 104 valence electrons. The highest BCUT2D eigenvalue weighted by Gasteiger charge is 2.19. The van der Waals surface area contributed by atoms with Crippen LogP contribution < -0.4 is 16.0 Å². The van der Waals surface area contributed by atoms with E-state index in [0.717, 1.165) is 32.4 Å². The second-order valence-corrected chi connectivity index (χ2v) is 4.98. The van der Waals surface area contributed by atoms with Gasteiger partial charge in [0.25, 0.3) is 0 Å². The molecule has 0 aliphatic carbocycles. The van der Waals surface area contributed by atoms with Gasteiger partial charge in [-0.25, -0.2) is 0 Å². The molecular formula is C13H25N3O2. The van der Waals surface area contributed by atoms with Gasteiger partial charge in [0.2, 0.25) is 11.8 Å². The normalized spacial score (nSPS) is 18.1. The van der Waals surface area contributed by atoms with Crippen LogP contribution in [0.25, 0.3) is 0 Å². The van der Waals surface area contributed by atoms with Gasteiger partial charge in [0, 0.05) is 13.0 Å². The number of piperidine rings is 1. The zero-order chi connectivity index (χ0) is 13.4. The third-order valence-corrected chi connectivity index (χ3v) is 3.25. The van der Waals surface area contributed by atoms with Crippen LogP contribution in [-0.4, -0.2) is 37.5 Å². The molecule has 18 heavy (non-hydrogen) atoms. The lowest BCUT2D eigenvalue weighted by Crippen LogP contribution is -2.45. The second-order valence-electron chi connectivity index (χ2n) is 4.98. The summed E-state index contributed by atoms with van der Waals surface area (Å²) in [5.41, 5.74) is 0. The van der Waals surface area contributed by atoms with Crippen molar-refractivity contribution < 1.29 is 9.59 Å². The quantitative estimate of drug-likeness (QED) is 0.644. The van der Waals surface area contributed by atoms with Crippen molar-refractivity contribution in [3.63, 3.8) is 0 Å². The fourth-order valence-electron chi connectivity index (χ4n) is 2.12. The SMILES string of the molecule is CCCNC(=O)C(C)NC(=O)CC1CCNCC1. The van der Waals surface area contributed by atoms with Gasteiger partial charge in [-0.1, -0.05) is 6.92 Å². The molecule has 5 nitrogen and oxygen atoms in total. The Kier molecular flexibility index (Phi) is 6.72. The second kappa shape index (κ2) is 8.08. The molecule has 5 heteroatoms. The number of hydrogen-bond donors (Lipinski definition) is 3. The summed E-state index contributed by atoms with van der Waals surface area (Å²) in [5, 5.41) is 8.82. The highest BCUT2D eigenvalue weighted by molar-refractivity contribution is 5.87. The van der Waals surface area contributed by atoms with Gasteiger partial charge in [0.15, 0.2) is 0 Å². The van der Waals surface area contributed by atoms with Crippen molar-refractivity contribution in [3.8, 4) is 0 Å². The van der Waals surface area contributed by atoms with Gasteiger partial charge in [-0.05, 0) is 45.2 Å². The number of rotatable bonds is 6. The monoisotopic (exact) mass is 255 g/mol. The first-order valence-corrected chi connectivity index (χ1v) is 6.91. The number of hydrogen-bond acceptors (Lipinski definition) is 3. The molecule has 0 radical (unpaired) electrons. The van der Waals surface area contributed by atoms with Crippen molar-refractivity contribution in [2.45, 2.75) is 45.6 Å². The molecule has 0 aromatic rings. The van der Waals surface area contributed by atoms with E-state index in [4.69, 9.17) is 0 Å². The molecule has 0 bridgehead atoms. The molecule has 3 N–H and O–H groups in total. The van der Waals surface area contributed by atoms with Crippen LogP contribution in [0.2, 0.25) is 0 Å². The van der Waals surface area contributed by atoms with Crippen molar-refractivity contribution in [1.82, 2.24) is 16.0 Å². The van der Waals surface area contributed by atoms with Crippen LogP contribution in [0.15, 0.2) is 0 Å². The largest absolute Gasteiger partial charge is 0.354 e. The topological polar surface area (TPSA) is 70.2 Å². The van der Waals surface area contributed by atoms with Crippen LogP contribution >= 0.6 is 0 Å². The number of nitrogens with one attached hydrogen (secondary N) is 3. The average Bonchev–Trinajstić information content (AvgIpc) is 2.36. The molecule has 1 aliphatic heterocycles. The predicted molar refractivity (Wildman–Crippen MR) is 71.1 cm³/mol. The molecule has 2 amide bonds. The fourth-order valence-corrected chi connectivity index (χ4v) is 2.12. The molecule has 1 rings (SSSR count). The summed E-state index contributed by atoms with van der Waals surface area (Å²) in [6, 6.07) is -0.439. The van der Waals surface area contributed by atoms with E-state index in [0.29, 0.717) is 18.9 Å². The Bertz CT molecular complexity index is 275. The van der Waals surface area contributed by atoms with E-state index in [1.165, 1.54) is 0 Å². The van der Waals surface area contributed by atoms with Crippen molar-refractivity contribution in [1.29, 1.82) is 0 Å². The summed E-state index contributed by atoms with van der Waals surface area (Å²) in [4.78, 5) is 23.4. The highest BCUT2D eigenvalue weighted by atomic mass is 16.2. The van der Waals surface area contributed by atoms with Crippen LogP contribution in [0.5, 0.6) is 0 Å². The molecular weight excluding hydrogens is 230 g/mol.